The molecule has 0 amide bonds. The van der Waals surface area contributed by atoms with Crippen LogP contribution >= 0.6 is 0 Å². The number of ether oxygens (including phenoxy) is 1. The zero-order valence-corrected chi connectivity index (χ0v) is 9.74. The maximum Gasteiger partial charge on any atom is 0.252 e. The summed E-state index contributed by atoms with van der Waals surface area (Å²) in [6, 6.07) is 1.47. The molecule has 0 bridgehead atoms. The second kappa shape index (κ2) is 5.79. The Labute approximate surface area is 99.6 Å². The molecule has 6 nitrogen and oxygen atoms in total. The van der Waals surface area contributed by atoms with E-state index in [4.69, 9.17) is 10.5 Å². The molecule has 1 aliphatic carbocycles. The highest BCUT2D eigenvalue weighted by Gasteiger charge is 2.26. The first-order chi connectivity index (χ1) is 8.29. The molecule has 1 fully saturated rings. The summed E-state index contributed by atoms with van der Waals surface area (Å²) < 4.78 is 5.22. The zero-order valence-electron chi connectivity index (χ0n) is 9.74. The Kier molecular flexibility index (Phi) is 4.11. The van der Waals surface area contributed by atoms with Gasteiger partial charge in [-0.3, -0.25) is 4.79 Å². The Morgan fingerprint density at radius 1 is 1.53 bits per heavy atom. The van der Waals surface area contributed by atoms with Gasteiger partial charge in [0.25, 0.3) is 5.56 Å². The third-order valence-corrected chi connectivity index (χ3v) is 2.54. The van der Waals surface area contributed by atoms with E-state index in [9.17, 15) is 4.79 Å². The van der Waals surface area contributed by atoms with Crippen molar-refractivity contribution in [3.05, 3.63) is 22.2 Å². The lowest BCUT2D eigenvalue weighted by molar-refractivity contribution is 0.151. The molecular formula is C11H18N4O2. The van der Waals surface area contributed by atoms with Crippen molar-refractivity contribution in [3.8, 4) is 0 Å². The van der Waals surface area contributed by atoms with Crippen molar-refractivity contribution in [2.75, 3.05) is 31.6 Å². The fourth-order valence-electron chi connectivity index (χ4n) is 1.55. The lowest BCUT2D eigenvalue weighted by atomic mass is 10.4. The summed E-state index contributed by atoms with van der Waals surface area (Å²) in [5.74, 6) is 1.85. The normalized spacial score (nSPS) is 14.9. The second-order valence-electron chi connectivity index (χ2n) is 4.12. The predicted octanol–water partition coefficient (Wildman–Crippen LogP) is 0.0345. The molecule has 1 saturated carbocycles. The van der Waals surface area contributed by atoms with E-state index in [1.54, 1.807) is 0 Å². The van der Waals surface area contributed by atoms with Gasteiger partial charge in [-0.25, -0.2) is 4.98 Å². The van der Waals surface area contributed by atoms with Gasteiger partial charge < -0.3 is 20.8 Å². The van der Waals surface area contributed by atoms with Crippen molar-refractivity contribution in [2.24, 2.45) is 5.73 Å². The molecule has 6 heteroatoms. The molecule has 2 rings (SSSR count). The number of aromatic amines is 1. The molecular weight excluding hydrogens is 220 g/mol. The van der Waals surface area contributed by atoms with Gasteiger partial charge in [0.2, 0.25) is 0 Å². The summed E-state index contributed by atoms with van der Waals surface area (Å²) in [5.41, 5.74) is 5.19. The highest BCUT2D eigenvalue weighted by atomic mass is 16.5. The summed E-state index contributed by atoms with van der Waals surface area (Å²) in [7, 11) is 0. The fourth-order valence-corrected chi connectivity index (χ4v) is 1.55. The standard InChI is InChI=1S/C11H18N4O2/c12-3-5-17-6-4-13-9-7-10(16)15-11(14-9)8-1-2-8/h7-8H,1-6,12H2,(H2,13,14,15,16). The van der Waals surface area contributed by atoms with Crippen LogP contribution in [0.3, 0.4) is 0 Å². The van der Waals surface area contributed by atoms with Crippen molar-refractivity contribution in [1.29, 1.82) is 0 Å². The van der Waals surface area contributed by atoms with Crippen molar-refractivity contribution in [3.63, 3.8) is 0 Å². The Hall–Kier alpha value is -1.40. The molecule has 0 aliphatic heterocycles. The van der Waals surface area contributed by atoms with Crippen LogP contribution in [0.25, 0.3) is 0 Å². The molecule has 0 unspecified atom stereocenters. The Morgan fingerprint density at radius 2 is 2.35 bits per heavy atom. The van der Waals surface area contributed by atoms with E-state index < -0.39 is 0 Å². The van der Waals surface area contributed by atoms with Crippen LogP contribution in [-0.2, 0) is 4.74 Å². The minimum absolute atomic E-state index is 0.104. The molecule has 1 aromatic rings. The maximum absolute atomic E-state index is 11.4. The second-order valence-corrected chi connectivity index (χ2v) is 4.12. The van der Waals surface area contributed by atoms with Crippen molar-refractivity contribution in [1.82, 2.24) is 9.97 Å². The van der Waals surface area contributed by atoms with Gasteiger partial charge in [0.05, 0.1) is 13.2 Å². The van der Waals surface area contributed by atoms with Gasteiger partial charge in [-0.05, 0) is 12.8 Å². The quantitative estimate of drug-likeness (QED) is 0.583. The average molecular weight is 238 g/mol. The van der Waals surface area contributed by atoms with E-state index in [1.165, 1.54) is 6.07 Å². The van der Waals surface area contributed by atoms with Crippen LogP contribution in [0.1, 0.15) is 24.6 Å². The molecule has 4 N–H and O–H groups in total. The van der Waals surface area contributed by atoms with E-state index in [0.717, 1.165) is 18.7 Å². The van der Waals surface area contributed by atoms with Gasteiger partial charge in [-0.15, -0.1) is 0 Å². The van der Waals surface area contributed by atoms with Crippen LogP contribution in [0, 0.1) is 0 Å². The van der Waals surface area contributed by atoms with Crippen LogP contribution < -0.4 is 16.6 Å². The lowest BCUT2D eigenvalue weighted by Gasteiger charge is -2.07. The Morgan fingerprint density at radius 3 is 3.06 bits per heavy atom. The average Bonchev–Trinajstić information content (AvgIpc) is 3.12. The molecule has 0 saturated heterocycles. The minimum Gasteiger partial charge on any atom is -0.378 e. The largest absolute Gasteiger partial charge is 0.378 e. The first kappa shape index (κ1) is 12.1. The SMILES string of the molecule is NCCOCCNc1cc(=O)[nH]c(C2CC2)n1. The van der Waals surface area contributed by atoms with Crippen LogP contribution in [0.5, 0.6) is 0 Å². The number of hydrogen-bond acceptors (Lipinski definition) is 5. The zero-order chi connectivity index (χ0) is 12.1. The Balaban J connectivity index is 1.85. The van der Waals surface area contributed by atoms with Crippen LogP contribution in [0.4, 0.5) is 5.82 Å². The topological polar surface area (TPSA) is 93.0 Å². The number of H-pyrrole nitrogens is 1. The van der Waals surface area contributed by atoms with E-state index in [1.807, 2.05) is 0 Å². The monoisotopic (exact) mass is 238 g/mol. The Bertz CT molecular complexity index is 414. The molecule has 94 valence electrons. The van der Waals surface area contributed by atoms with Gasteiger partial charge in [0, 0.05) is 25.1 Å². The van der Waals surface area contributed by atoms with E-state index in [-0.39, 0.29) is 5.56 Å². The maximum atomic E-state index is 11.4. The smallest absolute Gasteiger partial charge is 0.252 e. The van der Waals surface area contributed by atoms with Gasteiger partial charge in [-0.2, -0.15) is 0 Å². The minimum atomic E-state index is -0.104. The number of nitrogens with one attached hydrogen (secondary N) is 2. The van der Waals surface area contributed by atoms with Gasteiger partial charge in [0.15, 0.2) is 0 Å². The molecule has 0 aromatic carbocycles. The van der Waals surface area contributed by atoms with Crippen LogP contribution in [-0.4, -0.2) is 36.3 Å². The van der Waals surface area contributed by atoms with Gasteiger partial charge in [0.1, 0.15) is 11.6 Å². The van der Waals surface area contributed by atoms with Gasteiger partial charge >= 0.3 is 0 Å². The van der Waals surface area contributed by atoms with Crippen LogP contribution in [0.15, 0.2) is 10.9 Å². The summed E-state index contributed by atoms with van der Waals surface area (Å²) in [6.45, 7) is 2.26. The summed E-state index contributed by atoms with van der Waals surface area (Å²) >= 11 is 0. The number of anilines is 1. The summed E-state index contributed by atoms with van der Waals surface area (Å²) in [5, 5.41) is 3.07. The molecule has 1 heterocycles. The fraction of sp³-hybridized carbons (Fsp3) is 0.636. The summed E-state index contributed by atoms with van der Waals surface area (Å²) in [6.07, 6.45) is 2.23. The number of hydrogen-bond donors (Lipinski definition) is 3. The lowest BCUT2D eigenvalue weighted by Crippen LogP contribution is -2.17. The van der Waals surface area contributed by atoms with Crippen LogP contribution in [0.2, 0.25) is 0 Å². The molecule has 1 aliphatic rings. The molecule has 17 heavy (non-hydrogen) atoms. The molecule has 1 aromatic heterocycles. The van der Waals surface area contributed by atoms with Crippen molar-refractivity contribution in [2.45, 2.75) is 18.8 Å². The molecule has 0 atom stereocenters. The third-order valence-electron chi connectivity index (χ3n) is 2.54. The first-order valence-electron chi connectivity index (χ1n) is 5.92. The predicted molar refractivity (Wildman–Crippen MR) is 65.2 cm³/mol. The molecule has 0 radical (unpaired) electrons. The highest BCUT2D eigenvalue weighted by molar-refractivity contribution is 5.33. The number of rotatable bonds is 7. The number of aromatic nitrogens is 2. The third kappa shape index (κ3) is 3.83. The van der Waals surface area contributed by atoms with Gasteiger partial charge in [-0.1, -0.05) is 0 Å². The highest BCUT2D eigenvalue weighted by Crippen LogP contribution is 2.37. The van der Waals surface area contributed by atoms with E-state index >= 15 is 0 Å². The number of nitrogens with two attached hydrogens (primary N) is 1. The first-order valence-corrected chi connectivity index (χ1v) is 5.92. The molecule has 0 spiro atoms. The van der Waals surface area contributed by atoms with Crippen molar-refractivity contribution < 1.29 is 4.74 Å². The van der Waals surface area contributed by atoms with Crippen molar-refractivity contribution >= 4 is 5.82 Å². The van der Waals surface area contributed by atoms with E-state index in [0.29, 0.717) is 38.0 Å². The summed E-state index contributed by atoms with van der Waals surface area (Å²) in [4.78, 5) is 18.5. The van der Waals surface area contributed by atoms with E-state index in [2.05, 4.69) is 15.3 Å². The number of nitrogens with zero attached hydrogens (tertiary/aromatic N) is 1.